The number of alkyl halides is 3. The molecule has 8 heteroatoms. The Labute approximate surface area is 164 Å². The van der Waals surface area contributed by atoms with E-state index >= 15 is 0 Å². The predicted octanol–water partition coefficient (Wildman–Crippen LogP) is 3.93. The lowest BCUT2D eigenvalue weighted by atomic mass is 10.1. The third-order valence-corrected chi connectivity index (χ3v) is 4.38. The van der Waals surface area contributed by atoms with Crippen LogP contribution in [0.3, 0.4) is 0 Å². The minimum atomic E-state index is -4.47. The number of benzene rings is 1. The standard InChI is InChI=1S/C20H30F3N3O2/c1-19(2,3)28-16-7-6-15(17(10-16)20(21,22)23)11-25-18(24-4)26(5)12-14-8-9-27-13-14/h6-7,10,14H,8-9,11-13H2,1-5H3,(H,24,25). The summed E-state index contributed by atoms with van der Waals surface area (Å²) in [6.45, 7) is 7.60. The third-order valence-electron chi connectivity index (χ3n) is 4.38. The average Bonchev–Trinajstić information content (AvgIpc) is 3.07. The first-order chi connectivity index (χ1) is 13.0. The number of halogens is 3. The van der Waals surface area contributed by atoms with Crippen LogP contribution in [0, 0.1) is 5.92 Å². The summed E-state index contributed by atoms with van der Waals surface area (Å²) in [4.78, 5) is 6.11. The predicted molar refractivity (Wildman–Crippen MR) is 104 cm³/mol. The molecule has 1 unspecified atom stereocenters. The van der Waals surface area contributed by atoms with Gasteiger partial charge in [0.1, 0.15) is 11.4 Å². The van der Waals surface area contributed by atoms with Gasteiger partial charge >= 0.3 is 6.18 Å². The summed E-state index contributed by atoms with van der Waals surface area (Å²) < 4.78 is 51.6. The number of ether oxygens (including phenoxy) is 2. The summed E-state index contributed by atoms with van der Waals surface area (Å²) >= 11 is 0. The molecule has 28 heavy (non-hydrogen) atoms. The maximum atomic E-state index is 13.6. The van der Waals surface area contributed by atoms with E-state index in [1.165, 1.54) is 6.07 Å². The largest absolute Gasteiger partial charge is 0.488 e. The smallest absolute Gasteiger partial charge is 0.416 e. The van der Waals surface area contributed by atoms with E-state index in [0.717, 1.165) is 25.6 Å². The second-order valence-electron chi connectivity index (χ2n) is 8.04. The maximum Gasteiger partial charge on any atom is 0.416 e. The molecule has 1 aliphatic heterocycles. The summed E-state index contributed by atoms with van der Waals surface area (Å²) in [5, 5.41) is 3.03. The zero-order valence-electron chi connectivity index (χ0n) is 17.2. The molecule has 0 aromatic heterocycles. The van der Waals surface area contributed by atoms with E-state index in [4.69, 9.17) is 9.47 Å². The molecule has 1 aromatic carbocycles. The van der Waals surface area contributed by atoms with Crippen LogP contribution in [0.4, 0.5) is 13.2 Å². The van der Waals surface area contributed by atoms with Crippen molar-refractivity contribution in [1.82, 2.24) is 10.2 Å². The first-order valence-electron chi connectivity index (χ1n) is 9.38. The summed E-state index contributed by atoms with van der Waals surface area (Å²) in [6.07, 6.45) is -3.49. The summed E-state index contributed by atoms with van der Waals surface area (Å²) in [6, 6.07) is 4.08. The van der Waals surface area contributed by atoms with E-state index in [9.17, 15) is 13.2 Å². The second-order valence-corrected chi connectivity index (χ2v) is 8.04. The normalized spacial score (nSPS) is 18.3. The van der Waals surface area contributed by atoms with Crippen molar-refractivity contribution >= 4 is 5.96 Å². The fourth-order valence-corrected chi connectivity index (χ4v) is 3.15. The highest BCUT2D eigenvalue weighted by Crippen LogP contribution is 2.35. The highest BCUT2D eigenvalue weighted by molar-refractivity contribution is 5.79. The molecule has 0 aliphatic carbocycles. The quantitative estimate of drug-likeness (QED) is 0.600. The molecule has 1 fully saturated rings. The Morgan fingerprint density at radius 1 is 1.32 bits per heavy atom. The molecule has 1 heterocycles. The molecule has 1 atom stereocenters. The number of aliphatic imine (C=N–C) groups is 1. The van der Waals surface area contributed by atoms with E-state index in [-0.39, 0.29) is 17.9 Å². The van der Waals surface area contributed by atoms with Gasteiger partial charge in [-0.2, -0.15) is 13.2 Å². The molecular weight excluding hydrogens is 371 g/mol. The average molecular weight is 401 g/mol. The highest BCUT2D eigenvalue weighted by Gasteiger charge is 2.34. The molecule has 1 aliphatic rings. The van der Waals surface area contributed by atoms with Gasteiger partial charge in [0.25, 0.3) is 0 Å². The molecule has 0 amide bonds. The van der Waals surface area contributed by atoms with E-state index in [1.54, 1.807) is 33.9 Å². The lowest BCUT2D eigenvalue weighted by molar-refractivity contribution is -0.138. The molecule has 1 N–H and O–H groups in total. The van der Waals surface area contributed by atoms with Crippen molar-refractivity contribution < 1.29 is 22.6 Å². The minimum absolute atomic E-state index is 0.0167. The molecule has 0 saturated carbocycles. The lowest BCUT2D eigenvalue weighted by Gasteiger charge is -2.25. The van der Waals surface area contributed by atoms with Gasteiger partial charge in [0.05, 0.1) is 12.2 Å². The SMILES string of the molecule is CN=C(NCc1ccc(OC(C)(C)C)cc1C(F)(F)F)N(C)CC1CCOC1. The minimum Gasteiger partial charge on any atom is -0.488 e. The van der Waals surface area contributed by atoms with Crippen molar-refractivity contribution in [2.45, 2.75) is 45.5 Å². The monoisotopic (exact) mass is 401 g/mol. The van der Waals surface area contributed by atoms with Crippen LogP contribution in [0.25, 0.3) is 0 Å². The first kappa shape index (κ1) is 22.3. The van der Waals surface area contributed by atoms with Gasteiger partial charge in [-0.05, 0) is 44.9 Å². The Balaban J connectivity index is 2.10. The van der Waals surface area contributed by atoms with Crippen molar-refractivity contribution in [3.05, 3.63) is 29.3 Å². The Bertz CT molecular complexity index is 678. The molecular formula is C20H30F3N3O2. The van der Waals surface area contributed by atoms with Crippen LogP contribution in [0.1, 0.15) is 38.3 Å². The maximum absolute atomic E-state index is 13.6. The Morgan fingerprint density at radius 2 is 2.04 bits per heavy atom. The van der Waals surface area contributed by atoms with Gasteiger partial charge in [-0.1, -0.05) is 6.07 Å². The van der Waals surface area contributed by atoms with Crippen molar-refractivity contribution in [3.63, 3.8) is 0 Å². The number of nitrogens with zero attached hydrogens (tertiary/aromatic N) is 2. The van der Waals surface area contributed by atoms with Crippen molar-refractivity contribution in [2.75, 3.05) is 33.9 Å². The van der Waals surface area contributed by atoms with Gasteiger partial charge in [-0.25, -0.2) is 0 Å². The third kappa shape index (κ3) is 6.58. The van der Waals surface area contributed by atoms with Gasteiger partial charge in [-0.3, -0.25) is 4.99 Å². The molecule has 0 bridgehead atoms. The molecule has 1 aromatic rings. The van der Waals surface area contributed by atoms with Gasteiger partial charge < -0.3 is 19.7 Å². The highest BCUT2D eigenvalue weighted by atomic mass is 19.4. The molecule has 0 spiro atoms. The van der Waals surface area contributed by atoms with E-state index < -0.39 is 17.3 Å². The fraction of sp³-hybridized carbons (Fsp3) is 0.650. The van der Waals surface area contributed by atoms with Gasteiger partial charge in [0.15, 0.2) is 5.96 Å². The van der Waals surface area contributed by atoms with Crippen LogP contribution in [0.5, 0.6) is 5.75 Å². The number of rotatable bonds is 5. The zero-order chi connectivity index (χ0) is 20.9. The molecule has 0 radical (unpaired) electrons. The molecule has 5 nitrogen and oxygen atoms in total. The zero-order valence-corrected chi connectivity index (χ0v) is 17.2. The first-order valence-corrected chi connectivity index (χ1v) is 9.38. The second kappa shape index (κ2) is 9.03. The van der Waals surface area contributed by atoms with Gasteiger partial charge in [0, 0.05) is 39.7 Å². The van der Waals surface area contributed by atoms with Crippen molar-refractivity contribution in [3.8, 4) is 5.75 Å². The Hall–Kier alpha value is -1.96. The Morgan fingerprint density at radius 3 is 2.57 bits per heavy atom. The summed E-state index contributed by atoms with van der Waals surface area (Å²) in [5.41, 5.74) is -1.13. The van der Waals surface area contributed by atoms with E-state index in [1.807, 2.05) is 11.9 Å². The summed E-state index contributed by atoms with van der Waals surface area (Å²) in [7, 11) is 3.49. The van der Waals surface area contributed by atoms with Crippen LogP contribution in [0.15, 0.2) is 23.2 Å². The molecule has 1 saturated heterocycles. The van der Waals surface area contributed by atoms with Crippen LogP contribution in [0.2, 0.25) is 0 Å². The Kier molecular flexibility index (Phi) is 7.20. The van der Waals surface area contributed by atoms with Crippen LogP contribution >= 0.6 is 0 Å². The number of hydrogen-bond donors (Lipinski definition) is 1. The fourth-order valence-electron chi connectivity index (χ4n) is 3.15. The van der Waals surface area contributed by atoms with Crippen molar-refractivity contribution in [2.24, 2.45) is 10.9 Å². The van der Waals surface area contributed by atoms with Gasteiger partial charge in [-0.15, -0.1) is 0 Å². The molecule has 158 valence electrons. The van der Waals surface area contributed by atoms with E-state index in [0.29, 0.717) is 18.5 Å². The molecule has 2 rings (SSSR count). The van der Waals surface area contributed by atoms with Gasteiger partial charge in [0.2, 0.25) is 0 Å². The van der Waals surface area contributed by atoms with Crippen molar-refractivity contribution in [1.29, 1.82) is 0 Å². The number of hydrogen-bond acceptors (Lipinski definition) is 3. The van der Waals surface area contributed by atoms with Crippen LogP contribution in [-0.4, -0.2) is 50.3 Å². The van der Waals surface area contributed by atoms with Crippen LogP contribution in [-0.2, 0) is 17.5 Å². The summed E-state index contributed by atoms with van der Waals surface area (Å²) in [5.74, 6) is 1.16. The van der Waals surface area contributed by atoms with Crippen LogP contribution < -0.4 is 10.1 Å². The topological polar surface area (TPSA) is 46.1 Å². The number of guanidine groups is 1. The number of nitrogens with one attached hydrogen (secondary N) is 1. The lowest BCUT2D eigenvalue weighted by Crippen LogP contribution is -2.41. The van der Waals surface area contributed by atoms with E-state index in [2.05, 4.69) is 10.3 Å².